The van der Waals surface area contributed by atoms with Gasteiger partial charge in [-0.25, -0.2) is 0 Å². The van der Waals surface area contributed by atoms with Gasteiger partial charge in [0.1, 0.15) is 0 Å². The maximum atomic E-state index is 11.9. The molecule has 16 heavy (non-hydrogen) atoms. The van der Waals surface area contributed by atoms with Crippen molar-refractivity contribution in [2.75, 3.05) is 13.1 Å². The number of hydrogen-bond donors (Lipinski definition) is 1. The lowest BCUT2D eigenvalue weighted by Gasteiger charge is -2.34. The molecule has 3 rings (SSSR count). The van der Waals surface area contributed by atoms with Gasteiger partial charge in [-0.2, -0.15) is 0 Å². The number of hydrogen-bond acceptors (Lipinski definition) is 2. The van der Waals surface area contributed by atoms with Crippen LogP contribution in [0.3, 0.4) is 0 Å². The monoisotopic (exact) mass is 216 g/mol. The Balaban J connectivity index is 1.89. The Bertz CT molecular complexity index is 390. The molecule has 0 aromatic heterocycles. The van der Waals surface area contributed by atoms with Gasteiger partial charge in [-0.3, -0.25) is 4.79 Å². The summed E-state index contributed by atoms with van der Waals surface area (Å²) in [5.41, 5.74) is 1.28. The fourth-order valence-electron chi connectivity index (χ4n) is 2.90. The van der Waals surface area contributed by atoms with Gasteiger partial charge in [-0.15, -0.1) is 0 Å². The molecule has 0 saturated carbocycles. The summed E-state index contributed by atoms with van der Waals surface area (Å²) in [7, 11) is 0. The first-order valence-corrected chi connectivity index (χ1v) is 5.93. The average molecular weight is 216 g/mol. The molecule has 2 atom stereocenters. The molecule has 2 aliphatic rings. The lowest BCUT2D eigenvalue weighted by molar-refractivity contribution is -0.135. The van der Waals surface area contributed by atoms with Crippen LogP contribution in [0.15, 0.2) is 30.3 Å². The zero-order chi connectivity index (χ0) is 11.0. The van der Waals surface area contributed by atoms with Crippen LogP contribution < -0.4 is 5.32 Å². The van der Waals surface area contributed by atoms with Crippen LogP contribution in [0.2, 0.25) is 0 Å². The number of nitrogens with one attached hydrogen (secondary N) is 1. The van der Waals surface area contributed by atoms with E-state index in [0.717, 1.165) is 19.4 Å². The molecular formula is C13H16N2O. The smallest absolute Gasteiger partial charge is 0.237 e. The summed E-state index contributed by atoms with van der Waals surface area (Å²) in [6.07, 6.45) is 2.22. The van der Waals surface area contributed by atoms with E-state index < -0.39 is 0 Å². The van der Waals surface area contributed by atoms with Gasteiger partial charge >= 0.3 is 0 Å². The van der Waals surface area contributed by atoms with Crippen molar-refractivity contribution in [2.24, 2.45) is 0 Å². The van der Waals surface area contributed by atoms with E-state index in [1.165, 1.54) is 5.56 Å². The highest BCUT2D eigenvalue weighted by atomic mass is 16.2. The number of carbonyl (C=O) groups is 1. The molecule has 84 valence electrons. The maximum absolute atomic E-state index is 11.9. The van der Waals surface area contributed by atoms with Gasteiger partial charge in [0.15, 0.2) is 0 Å². The molecule has 2 fully saturated rings. The van der Waals surface area contributed by atoms with E-state index in [1.54, 1.807) is 0 Å². The van der Waals surface area contributed by atoms with Crippen LogP contribution in [-0.2, 0) is 4.79 Å². The first kappa shape index (κ1) is 9.85. The second-order valence-corrected chi connectivity index (χ2v) is 4.59. The van der Waals surface area contributed by atoms with Crippen LogP contribution in [0.5, 0.6) is 0 Å². The average Bonchev–Trinajstić information content (AvgIpc) is 2.75. The summed E-state index contributed by atoms with van der Waals surface area (Å²) in [5.74, 6) is 0.252. The van der Waals surface area contributed by atoms with E-state index >= 15 is 0 Å². The largest absolute Gasteiger partial charge is 0.330 e. The first-order valence-electron chi connectivity index (χ1n) is 5.93. The van der Waals surface area contributed by atoms with E-state index in [-0.39, 0.29) is 5.91 Å². The number of nitrogens with zero attached hydrogens (tertiary/aromatic N) is 1. The standard InChI is InChI=1S/C13H16N2O/c16-13-9-14-8-11-6-7-12(15(11)13)10-4-2-1-3-5-10/h1-5,11-12,14H,6-9H2/t11-,12+/m0/s1. The third kappa shape index (κ3) is 1.52. The second kappa shape index (κ2) is 3.91. The first-order chi connectivity index (χ1) is 7.86. The van der Waals surface area contributed by atoms with E-state index in [9.17, 15) is 4.79 Å². The predicted octanol–water partition coefficient (Wildman–Crippen LogP) is 1.32. The Morgan fingerprint density at radius 3 is 2.81 bits per heavy atom. The number of benzene rings is 1. The van der Waals surface area contributed by atoms with Gasteiger partial charge in [0.05, 0.1) is 12.6 Å². The van der Waals surface area contributed by atoms with Gasteiger partial charge in [0, 0.05) is 12.6 Å². The zero-order valence-electron chi connectivity index (χ0n) is 9.23. The Kier molecular flexibility index (Phi) is 2.40. The molecule has 0 bridgehead atoms. The Morgan fingerprint density at radius 2 is 2.00 bits per heavy atom. The molecule has 0 spiro atoms. The van der Waals surface area contributed by atoms with E-state index in [4.69, 9.17) is 0 Å². The van der Waals surface area contributed by atoms with Crippen LogP contribution in [0, 0.1) is 0 Å². The molecule has 2 aliphatic heterocycles. The summed E-state index contributed by atoms with van der Waals surface area (Å²) in [4.78, 5) is 14.0. The van der Waals surface area contributed by atoms with Crippen molar-refractivity contribution in [3.63, 3.8) is 0 Å². The van der Waals surface area contributed by atoms with Gasteiger partial charge in [-0.1, -0.05) is 30.3 Å². The van der Waals surface area contributed by atoms with Gasteiger partial charge < -0.3 is 10.2 Å². The number of amides is 1. The molecular weight excluding hydrogens is 200 g/mol. The number of rotatable bonds is 1. The highest BCUT2D eigenvalue weighted by molar-refractivity contribution is 5.80. The second-order valence-electron chi connectivity index (χ2n) is 4.59. The predicted molar refractivity (Wildman–Crippen MR) is 61.9 cm³/mol. The molecule has 1 aromatic carbocycles. The number of fused-ring (bicyclic) bond motifs is 1. The summed E-state index contributed by atoms with van der Waals surface area (Å²) in [6.45, 7) is 1.45. The normalized spacial score (nSPS) is 29.2. The van der Waals surface area contributed by atoms with Crippen LogP contribution in [0.1, 0.15) is 24.4 Å². The SMILES string of the molecule is O=C1CNC[C@@H]2CC[C@H](c3ccccc3)N12. The van der Waals surface area contributed by atoms with Crippen LogP contribution in [0.25, 0.3) is 0 Å². The molecule has 2 saturated heterocycles. The van der Waals surface area contributed by atoms with Crippen molar-refractivity contribution in [3.8, 4) is 0 Å². The molecule has 1 N–H and O–H groups in total. The van der Waals surface area contributed by atoms with Gasteiger partial charge in [0.25, 0.3) is 0 Å². The summed E-state index contributed by atoms with van der Waals surface area (Å²) in [6, 6.07) is 11.1. The van der Waals surface area contributed by atoms with Crippen molar-refractivity contribution < 1.29 is 4.79 Å². The summed E-state index contributed by atoms with van der Waals surface area (Å²) in [5, 5.41) is 3.19. The summed E-state index contributed by atoms with van der Waals surface area (Å²) < 4.78 is 0. The third-order valence-electron chi connectivity index (χ3n) is 3.63. The topological polar surface area (TPSA) is 32.3 Å². The van der Waals surface area contributed by atoms with Gasteiger partial charge in [-0.05, 0) is 18.4 Å². The molecule has 0 aliphatic carbocycles. The maximum Gasteiger partial charge on any atom is 0.237 e. The quantitative estimate of drug-likeness (QED) is 0.768. The van der Waals surface area contributed by atoms with E-state index in [1.807, 2.05) is 6.07 Å². The summed E-state index contributed by atoms with van der Waals surface area (Å²) >= 11 is 0. The molecule has 1 amide bonds. The minimum absolute atomic E-state index is 0.252. The lowest BCUT2D eigenvalue weighted by atomic mass is 10.0. The number of piperazine rings is 1. The molecule has 3 nitrogen and oxygen atoms in total. The van der Waals surface area contributed by atoms with Crippen LogP contribution >= 0.6 is 0 Å². The fraction of sp³-hybridized carbons (Fsp3) is 0.462. The molecule has 0 radical (unpaired) electrons. The van der Waals surface area contributed by atoms with Crippen molar-refractivity contribution in [2.45, 2.75) is 24.9 Å². The minimum Gasteiger partial charge on any atom is -0.330 e. The van der Waals surface area contributed by atoms with Crippen molar-refractivity contribution >= 4 is 5.91 Å². The Morgan fingerprint density at radius 1 is 1.19 bits per heavy atom. The van der Waals surface area contributed by atoms with Crippen LogP contribution in [0.4, 0.5) is 0 Å². The fourth-order valence-corrected chi connectivity index (χ4v) is 2.90. The van der Waals surface area contributed by atoms with Crippen LogP contribution in [-0.4, -0.2) is 29.9 Å². The highest BCUT2D eigenvalue weighted by Crippen LogP contribution is 2.36. The molecule has 0 unspecified atom stereocenters. The Hall–Kier alpha value is -1.35. The van der Waals surface area contributed by atoms with E-state index in [2.05, 4.69) is 34.5 Å². The molecule has 1 aromatic rings. The third-order valence-corrected chi connectivity index (χ3v) is 3.63. The lowest BCUT2D eigenvalue weighted by Crippen LogP contribution is -2.52. The van der Waals surface area contributed by atoms with Gasteiger partial charge in [0.2, 0.25) is 5.91 Å². The van der Waals surface area contributed by atoms with Crippen molar-refractivity contribution in [1.29, 1.82) is 0 Å². The molecule has 3 heteroatoms. The zero-order valence-corrected chi connectivity index (χ0v) is 9.23. The van der Waals surface area contributed by atoms with Crippen molar-refractivity contribution in [1.82, 2.24) is 10.2 Å². The van der Waals surface area contributed by atoms with Crippen molar-refractivity contribution in [3.05, 3.63) is 35.9 Å². The number of carbonyl (C=O) groups excluding carboxylic acids is 1. The van der Waals surface area contributed by atoms with E-state index in [0.29, 0.717) is 18.6 Å². The Labute approximate surface area is 95.4 Å². The minimum atomic E-state index is 0.252. The molecule has 2 heterocycles. The highest BCUT2D eigenvalue weighted by Gasteiger charge is 2.39.